The predicted octanol–water partition coefficient (Wildman–Crippen LogP) is 2.32. The van der Waals surface area contributed by atoms with Crippen LogP contribution in [0.5, 0.6) is 0 Å². The van der Waals surface area contributed by atoms with Gasteiger partial charge in [0.15, 0.2) is 0 Å². The quantitative estimate of drug-likeness (QED) is 0.740. The molecule has 1 aliphatic rings. The molecule has 0 radical (unpaired) electrons. The summed E-state index contributed by atoms with van der Waals surface area (Å²) in [4.78, 5) is 8.23. The Hall–Kier alpha value is -0.830. The van der Waals surface area contributed by atoms with Crippen LogP contribution >= 0.6 is 11.6 Å². The topological polar surface area (TPSA) is 37.8 Å². The van der Waals surface area contributed by atoms with Crippen LogP contribution in [-0.4, -0.2) is 16.0 Å². The van der Waals surface area contributed by atoms with Crippen LogP contribution in [0.1, 0.15) is 24.1 Å². The van der Waals surface area contributed by atoms with E-state index in [9.17, 15) is 0 Å². The van der Waals surface area contributed by atoms with Crippen molar-refractivity contribution in [3.8, 4) is 0 Å². The average Bonchev–Trinajstić information content (AvgIpc) is 2.83. The second-order valence-electron chi connectivity index (χ2n) is 3.47. The van der Waals surface area contributed by atoms with Crippen LogP contribution in [0.4, 0.5) is 5.82 Å². The molecule has 0 amide bonds. The Balaban J connectivity index is 2.30. The van der Waals surface area contributed by atoms with Gasteiger partial charge in [-0.1, -0.05) is 0 Å². The fraction of sp³-hybridized carbons (Fsp3) is 0.556. The van der Waals surface area contributed by atoms with Gasteiger partial charge < -0.3 is 5.32 Å². The third-order valence-corrected chi connectivity index (χ3v) is 2.45. The highest BCUT2D eigenvalue weighted by atomic mass is 35.5. The van der Waals surface area contributed by atoms with E-state index in [-0.39, 0.29) is 0 Å². The first-order valence-corrected chi connectivity index (χ1v) is 4.82. The van der Waals surface area contributed by atoms with Crippen LogP contribution in [0.3, 0.4) is 0 Å². The maximum absolute atomic E-state index is 5.76. The summed E-state index contributed by atoms with van der Waals surface area (Å²) in [6.45, 7) is 3.96. The molecule has 0 spiro atoms. The van der Waals surface area contributed by atoms with Crippen molar-refractivity contribution < 1.29 is 0 Å². The van der Waals surface area contributed by atoms with Crippen molar-refractivity contribution in [2.24, 2.45) is 0 Å². The molecule has 0 aliphatic heterocycles. The van der Waals surface area contributed by atoms with Crippen molar-refractivity contribution >= 4 is 17.4 Å². The van der Waals surface area contributed by atoms with Gasteiger partial charge >= 0.3 is 0 Å². The van der Waals surface area contributed by atoms with E-state index in [1.807, 2.05) is 13.8 Å². The Kier molecular flexibility index (Phi) is 2.12. The molecule has 0 bridgehead atoms. The van der Waals surface area contributed by atoms with Gasteiger partial charge in [0.1, 0.15) is 5.82 Å². The van der Waals surface area contributed by atoms with Gasteiger partial charge in [0.05, 0.1) is 0 Å². The lowest BCUT2D eigenvalue weighted by atomic mass is 10.2. The first-order valence-electron chi connectivity index (χ1n) is 4.44. The van der Waals surface area contributed by atoms with E-state index in [0.717, 1.165) is 17.1 Å². The van der Waals surface area contributed by atoms with Crippen LogP contribution in [-0.2, 0) is 0 Å². The van der Waals surface area contributed by atoms with Crippen LogP contribution in [0.25, 0.3) is 0 Å². The lowest BCUT2D eigenvalue weighted by Crippen LogP contribution is -2.07. The molecule has 0 aromatic carbocycles. The zero-order chi connectivity index (χ0) is 9.42. The number of nitrogens with zero attached hydrogens (tertiary/aromatic N) is 2. The molecule has 1 aromatic rings. The van der Waals surface area contributed by atoms with Crippen molar-refractivity contribution in [2.75, 3.05) is 5.32 Å². The molecule has 70 valence electrons. The molecule has 4 heteroatoms. The summed E-state index contributed by atoms with van der Waals surface area (Å²) in [5, 5.41) is 3.66. The zero-order valence-electron chi connectivity index (χ0n) is 7.76. The standard InChI is InChI=1S/C9H12ClN3/c1-5-6(2)11-9(10)13-8(5)12-7-3-4-7/h7H,3-4H2,1-2H3,(H,11,12,13). The summed E-state index contributed by atoms with van der Waals surface area (Å²) in [5.74, 6) is 0.889. The van der Waals surface area contributed by atoms with E-state index in [2.05, 4.69) is 15.3 Å². The molecule has 13 heavy (non-hydrogen) atoms. The smallest absolute Gasteiger partial charge is 0.224 e. The summed E-state index contributed by atoms with van der Waals surface area (Å²) in [6.07, 6.45) is 2.47. The minimum atomic E-state index is 0.325. The Morgan fingerprint density at radius 1 is 1.31 bits per heavy atom. The molecular weight excluding hydrogens is 186 g/mol. The molecule has 0 atom stereocenters. The molecule has 1 N–H and O–H groups in total. The number of nitrogens with one attached hydrogen (secondary N) is 1. The summed E-state index contributed by atoms with van der Waals surface area (Å²) < 4.78 is 0. The second-order valence-corrected chi connectivity index (χ2v) is 3.81. The maximum Gasteiger partial charge on any atom is 0.224 e. The highest BCUT2D eigenvalue weighted by molar-refractivity contribution is 6.28. The van der Waals surface area contributed by atoms with Crippen LogP contribution in [0, 0.1) is 13.8 Å². The molecule has 1 heterocycles. The average molecular weight is 198 g/mol. The number of halogens is 1. The van der Waals surface area contributed by atoms with Crippen molar-refractivity contribution in [2.45, 2.75) is 32.7 Å². The van der Waals surface area contributed by atoms with Gasteiger partial charge in [0, 0.05) is 17.3 Å². The Morgan fingerprint density at radius 3 is 2.62 bits per heavy atom. The van der Waals surface area contributed by atoms with Gasteiger partial charge in [0.25, 0.3) is 0 Å². The number of aryl methyl sites for hydroxylation is 1. The molecule has 0 unspecified atom stereocenters. The monoisotopic (exact) mass is 197 g/mol. The lowest BCUT2D eigenvalue weighted by molar-refractivity contribution is 1.02. The second kappa shape index (κ2) is 3.14. The number of hydrogen-bond donors (Lipinski definition) is 1. The van der Waals surface area contributed by atoms with E-state index >= 15 is 0 Å². The fourth-order valence-corrected chi connectivity index (χ4v) is 1.37. The minimum Gasteiger partial charge on any atom is -0.367 e. The lowest BCUT2D eigenvalue weighted by Gasteiger charge is -2.08. The van der Waals surface area contributed by atoms with Gasteiger partial charge in [-0.05, 0) is 38.3 Å². The highest BCUT2D eigenvalue weighted by Gasteiger charge is 2.22. The SMILES string of the molecule is Cc1nc(Cl)nc(NC2CC2)c1C. The van der Waals surface area contributed by atoms with E-state index in [1.165, 1.54) is 12.8 Å². The van der Waals surface area contributed by atoms with Gasteiger partial charge in [-0.25, -0.2) is 9.97 Å². The van der Waals surface area contributed by atoms with Crippen LogP contribution in [0.15, 0.2) is 0 Å². The first kappa shape index (κ1) is 8.75. The van der Waals surface area contributed by atoms with E-state index < -0.39 is 0 Å². The highest BCUT2D eigenvalue weighted by Crippen LogP contribution is 2.26. The van der Waals surface area contributed by atoms with Gasteiger partial charge in [-0.2, -0.15) is 0 Å². The van der Waals surface area contributed by atoms with E-state index in [1.54, 1.807) is 0 Å². The van der Waals surface area contributed by atoms with Gasteiger partial charge in [-0.3, -0.25) is 0 Å². The summed E-state index contributed by atoms with van der Waals surface area (Å²) in [6, 6.07) is 0.601. The maximum atomic E-state index is 5.76. The van der Waals surface area contributed by atoms with Crippen molar-refractivity contribution in [1.29, 1.82) is 0 Å². The molecule has 1 aromatic heterocycles. The summed E-state index contributed by atoms with van der Waals surface area (Å²) in [7, 11) is 0. The molecule has 0 saturated heterocycles. The number of aromatic nitrogens is 2. The van der Waals surface area contributed by atoms with Gasteiger partial charge in [0.2, 0.25) is 5.28 Å². The molecule has 3 nitrogen and oxygen atoms in total. The van der Waals surface area contributed by atoms with E-state index in [4.69, 9.17) is 11.6 Å². The third kappa shape index (κ3) is 1.91. The molecule has 2 rings (SSSR count). The van der Waals surface area contributed by atoms with E-state index in [0.29, 0.717) is 11.3 Å². The number of hydrogen-bond acceptors (Lipinski definition) is 3. The van der Waals surface area contributed by atoms with Crippen molar-refractivity contribution in [3.63, 3.8) is 0 Å². The Morgan fingerprint density at radius 2 is 2.00 bits per heavy atom. The first-order chi connectivity index (χ1) is 6.16. The van der Waals surface area contributed by atoms with Crippen LogP contribution in [0.2, 0.25) is 5.28 Å². The Labute approximate surface area is 82.5 Å². The van der Waals surface area contributed by atoms with Gasteiger partial charge in [-0.15, -0.1) is 0 Å². The number of anilines is 1. The van der Waals surface area contributed by atoms with Crippen LogP contribution < -0.4 is 5.32 Å². The molecular formula is C9H12ClN3. The molecule has 1 saturated carbocycles. The predicted molar refractivity (Wildman–Crippen MR) is 53.2 cm³/mol. The molecule has 1 aliphatic carbocycles. The number of rotatable bonds is 2. The minimum absolute atomic E-state index is 0.325. The Bertz CT molecular complexity index is 334. The zero-order valence-corrected chi connectivity index (χ0v) is 8.52. The van der Waals surface area contributed by atoms with Crippen molar-refractivity contribution in [3.05, 3.63) is 16.5 Å². The fourth-order valence-electron chi connectivity index (χ4n) is 1.16. The molecule has 1 fully saturated rings. The normalized spacial score (nSPS) is 15.9. The summed E-state index contributed by atoms with van der Waals surface area (Å²) >= 11 is 5.76. The van der Waals surface area contributed by atoms with Crippen molar-refractivity contribution in [1.82, 2.24) is 9.97 Å². The largest absolute Gasteiger partial charge is 0.367 e. The third-order valence-electron chi connectivity index (χ3n) is 2.28. The summed E-state index contributed by atoms with van der Waals surface area (Å²) in [5.41, 5.74) is 2.04.